The predicted molar refractivity (Wildman–Crippen MR) is 143 cm³/mol. The summed E-state index contributed by atoms with van der Waals surface area (Å²) in [6.07, 6.45) is 7.19. The summed E-state index contributed by atoms with van der Waals surface area (Å²) < 4.78 is 24.1. The maximum Gasteiger partial charge on any atom is 0.157 e. The van der Waals surface area contributed by atoms with Crippen molar-refractivity contribution < 1.29 is 8.42 Å². The Hall–Kier alpha value is -2.64. The van der Waals surface area contributed by atoms with Crippen LogP contribution in [0.4, 0.5) is 17.1 Å². The monoisotopic (exact) mass is 490 g/mol. The quantitative estimate of drug-likeness (QED) is 0.501. The molecule has 0 unspecified atom stereocenters. The molecule has 3 aromatic rings. The van der Waals surface area contributed by atoms with Gasteiger partial charge >= 0.3 is 0 Å². The van der Waals surface area contributed by atoms with Crippen LogP contribution in [0.15, 0.2) is 48.7 Å². The molecule has 2 aliphatic heterocycles. The lowest BCUT2D eigenvalue weighted by molar-refractivity contribution is 0.222. The zero-order valence-electron chi connectivity index (χ0n) is 20.9. The van der Waals surface area contributed by atoms with Crippen molar-refractivity contribution in [2.24, 2.45) is 0 Å². The van der Waals surface area contributed by atoms with Crippen molar-refractivity contribution in [3.05, 3.63) is 59.8 Å². The highest BCUT2D eigenvalue weighted by molar-refractivity contribution is 7.92. The Balaban J connectivity index is 1.37. The third-order valence-electron chi connectivity index (χ3n) is 8.50. The second kappa shape index (κ2) is 8.20. The molecule has 0 radical (unpaired) electrons. The fourth-order valence-electron chi connectivity index (χ4n) is 6.09. The second-order valence-corrected chi connectivity index (χ2v) is 12.9. The van der Waals surface area contributed by atoms with Crippen molar-refractivity contribution in [2.75, 3.05) is 49.4 Å². The van der Waals surface area contributed by atoms with E-state index in [9.17, 15) is 8.42 Å². The molecule has 184 valence electrons. The van der Waals surface area contributed by atoms with Crippen LogP contribution < -0.4 is 9.80 Å². The van der Waals surface area contributed by atoms with E-state index in [-0.39, 0.29) is 0 Å². The summed E-state index contributed by atoms with van der Waals surface area (Å²) in [5, 5.41) is 1.20. The van der Waals surface area contributed by atoms with Crippen LogP contribution in [0.5, 0.6) is 0 Å². The van der Waals surface area contributed by atoms with Crippen molar-refractivity contribution in [1.82, 2.24) is 9.88 Å². The molecular weight excluding hydrogens is 456 g/mol. The minimum atomic E-state index is -3.12. The number of likely N-dealkylation sites (tertiary alicyclic amines) is 1. The van der Waals surface area contributed by atoms with E-state index < -0.39 is 14.6 Å². The van der Waals surface area contributed by atoms with E-state index in [0.29, 0.717) is 5.92 Å². The number of fused-ring (bicyclic) bond motifs is 3. The van der Waals surface area contributed by atoms with Gasteiger partial charge < -0.3 is 14.7 Å². The summed E-state index contributed by atoms with van der Waals surface area (Å²) >= 11 is 0. The number of sulfone groups is 1. The van der Waals surface area contributed by atoms with Crippen molar-refractivity contribution in [3.8, 4) is 0 Å². The van der Waals surface area contributed by atoms with Gasteiger partial charge in [-0.2, -0.15) is 0 Å². The van der Waals surface area contributed by atoms with Gasteiger partial charge in [0, 0.05) is 24.4 Å². The third kappa shape index (κ3) is 3.71. The van der Waals surface area contributed by atoms with E-state index in [0.717, 1.165) is 48.5 Å². The van der Waals surface area contributed by atoms with Crippen LogP contribution in [-0.2, 0) is 14.6 Å². The molecule has 0 spiro atoms. The predicted octanol–water partition coefficient (Wildman–Crippen LogP) is 5.01. The molecule has 1 saturated heterocycles. The fraction of sp³-hybridized carbons (Fsp3) is 0.464. The van der Waals surface area contributed by atoms with Crippen molar-refractivity contribution in [3.63, 3.8) is 0 Å². The Morgan fingerprint density at radius 3 is 2.40 bits per heavy atom. The summed E-state index contributed by atoms with van der Waals surface area (Å²) in [6, 6.07) is 15.0. The van der Waals surface area contributed by atoms with Gasteiger partial charge in [-0.25, -0.2) is 8.42 Å². The van der Waals surface area contributed by atoms with E-state index in [1.165, 1.54) is 48.8 Å². The first-order chi connectivity index (χ1) is 16.8. The molecule has 0 bridgehead atoms. The molecular formula is C28H34N4O2S. The summed E-state index contributed by atoms with van der Waals surface area (Å²) in [5.74, 6) is 0.593. The highest BCUT2D eigenvalue weighted by Gasteiger charge is 2.53. The van der Waals surface area contributed by atoms with E-state index >= 15 is 0 Å². The number of benzene rings is 2. The van der Waals surface area contributed by atoms with E-state index in [4.69, 9.17) is 4.98 Å². The zero-order chi connectivity index (χ0) is 24.4. The van der Waals surface area contributed by atoms with Crippen molar-refractivity contribution in [2.45, 2.75) is 43.3 Å². The lowest BCUT2D eigenvalue weighted by Crippen LogP contribution is -2.32. The first-order valence-corrected chi connectivity index (χ1v) is 14.6. The topological polar surface area (TPSA) is 56.8 Å². The minimum absolute atomic E-state index is 0.593. The molecule has 6 nitrogen and oxygen atoms in total. The Labute approximate surface area is 208 Å². The van der Waals surface area contributed by atoms with Crippen LogP contribution in [0.1, 0.15) is 49.7 Å². The average molecular weight is 491 g/mol. The molecule has 1 aromatic heterocycles. The van der Waals surface area contributed by atoms with Crippen LogP contribution in [0.3, 0.4) is 0 Å². The number of piperidine rings is 1. The fourth-order valence-corrected chi connectivity index (χ4v) is 7.50. The number of anilines is 3. The highest BCUT2D eigenvalue weighted by Crippen LogP contribution is 2.53. The summed E-state index contributed by atoms with van der Waals surface area (Å²) in [7, 11) is -1.01. The van der Waals surface area contributed by atoms with E-state index in [1.807, 2.05) is 18.3 Å². The van der Waals surface area contributed by atoms with Gasteiger partial charge in [-0.1, -0.05) is 25.1 Å². The number of nitrogens with zero attached hydrogens (tertiary/aromatic N) is 4. The SMILES string of the molecule is CCN1CCC(c2ccc3ncc4c(c3c2)N(c2ccc(C3(S(C)(=O)=O)CC3)cc2)CN4C)CC1. The molecule has 1 saturated carbocycles. The van der Waals surface area contributed by atoms with Crippen LogP contribution in [0.25, 0.3) is 10.9 Å². The van der Waals surface area contributed by atoms with Gasteiger partial charge in [-0.15, -0.1) is 0 Å². The molecule has 3 heterocycles. The van der Waals surface area contributed by atoms with Gasteiger partial charge in [-0.3, -0.25) is 4.98 Å². The Morgan fingerprint density at radius 1 is 1.06 bits per heavy atom. The minimum Gasteiger partial charge on any atom is -0.354 e. The molecule has 6 rings (SSSR count). The average Bonchev–Trinajstić information content (AvgIpc) is 3.63. The van der Waals surface area contributed by atoms with Gasteiger partial charge in [0.05, 0.1) is 34.5 Å². The molecule has 3 aliphatic rings. The van der Waals surface area contributed by atoms with Gasteiger partial charge in [0.1, 0.15) is 0 Å². The van der Waals surface area contributed by atoms with Gasteiger partial charge in [-0.05, 0) is 86.6 Å². The number of rotatable bonds is 5. The molecule has 2 fully saturated rings. The number of pyridine rings is 1. The molecule has 2 aromatic carbocycles. The van der Waals surface area contributed by atoms with Gasteiger partial charge in [0.25, 0.3) is 0 Å². The molecule has 7 heteroatoms. The normalized spacial score (nSPS) is 20.4. The summed E-state index contributed by atoms with van der Waals surface area (Å²) in [6.45, 7) is 6.45. The zero-order valence-corrected chi connectivity index (χ0v) is 21.7. The number of aromatic nitrogens is 1. The van der Waals surface area contributed by atoms with E-state index in [2.05, 4.69) is 59.0 Å². The maximum absolute atomic E-state index is 12.4. The van der Waals surface area contributed by atoms with Gasteiger partial charge in [0.15, 0.2) is 9.84 Å². The molecule has 0 atom stereocenters. The van der Waals surface area contributed by atoms with Crippen LogP contribution in [0, 0.1) is 0 Å². The largest absolute Gasteiger partial charge is 0.354 e. The Bertz CT molecular complexity index is 1370. The first kappa shape index (κ1) is 22.8. The third-order valence-corrected chi connectivity index (χ3v) is 10.6. The van der Waals surface area contributed by atoms with Crippen LogP contribution >= 0.6 is 0 Å². The Kier molecular flexibility index (Phi) is 5.34. The molecule has 35 heavy (non-hydrogen) atoms. The smallest absolute Gasteiger partial charge is 0.157 e. The highest BCUT2D eigenvalue weighted by atomic mass is 32.2. The van der Waals surface area contributed by atoms with E-state index in [1.54, 1.807) is 0 Å². The second-order valence-electron chi connectivity index (χ2n) is 10.6. The van der Waals surface area contributed by atoms with Crippen molar-refractivity contribution >= 4 is 37.8 Å². The van der Waals surface area contributed by atoms with Crippen molar-refractivity contribution in [1.29, 1.82) is 0 Å². The molecule has 0 amide bonds. The lowest BCUT2D eigenvalue weighted by atomic mass is 9.88. The Morgan fingerprint density at radius 2 is 1.77 bits per heavy atom. The lowest BCUT2D eigenvalue weighted by Gasteiger charge is -2.31. The number of hydrogen-bond acceptors (Lipinski definition) is 6. The summed E-state index contributed by atoms with van der Waals surface area (Å²) in [5.41, 5.74) is 6.76. The van der Waals surface area contributed by atoms with Gasteiger partial charge in [0.2, 0.25) is 0 Å². The molecule has 1 aliphatic carbocycles. The first-order valence-electron chi connectivity index (χ1n) is 12.7. The number of hydrogen-bond donors (Lipinski definition) is 0. The maximum atomic E-state index is 12.4. The van der Waals surface area contributed by atoms with Crippen LogP contribution in [0.2, 0.25) is 0 Å². The molecule has 0 N–H and O–H groups in total. The van der Waals surface area contributed by atoms with Crippen LogP contribution in [-0.4, -0.2) is 57.9 Å². The summed E-state index contributed by atoms with van der Waals surface area (Å²) in [4.78, 5) is 11.9. The standard InChI is InChI=1S/C28H34N4O2S/c1-4-31-15-11-20(12-16-31)21-5-10-25-24(17-21)27-26(18-29-25)30(2)19-32(27)23-8-6-22(7-9-23)28(13-14-28)35(3,33)34/h5-10,17-18,20H,4,11-16,19H2,1-3H3.